The van der Waals surface area contributed by atoms with E-state index in [9.17, 15) is 17.6 Å². The van der Waals surface area contributed by atoms with Crippen molar-refractivity contribution in [2.45, 2.75) is 24.3 Å². The number of pyridine rings is 1. The molecule has 1 aromatic carbocycles. The van der Waals surface area contributed by atoms with Gasteiger partial charge in [-0.05, 0) is 29.8 Å². The van der Waals surface area contributed by atoms with E-state index in [1.54, 1.807) is 12.1 Å². The summed E-state index contributed by atoms with van der Waals surface area (Å²) in [5.41, 5.74) is 0.833. The number of rotatable bonds is 8. The number of aromatic nitrogens is 2. The maximum atomic E-state index is 13.2. The summed E-state index contributed by atoms with van der Waals surface area (Å²) >= 11 is 5.62. The zero-order chi connectivity index (χ0) is 20.1. The first kappa shape index (κ1) is 20.1. The van der Waals surface area contributed by atoms with Gasteiger partial charge < -0.3 is 4.52 Å². The minimum absolute atomic E-state index is 0.0448. The van der Waals surface area contributed by atoms with E-state index in [0.717, 1.165) is 18.2 Å². The van der Waals surface area contributed by atoms with Crippen LogP contribution in [-0.4, -0.2) is 24.3 Å². The fraction of sp³-hybridized carbons (Fsp3) is 0.167. The SMILES string of the molecule is O=C(CCc1ccno1)c1ccc(CNS(=O)(=O)c2ccc(F)c(Cl)c2)cn1. The van der Waals surface area contributed by atoms with Crippen molar-refractivity contribution in [3.05, 3.63) is 76.6 Å². The summed E-state index contributed by atoms with van der Waals surface area (Å²) in [7, 11) is -3.87. The summed E-state index contributed by atoms with van der Waals surface area (Å²) in [6.07, 6.45) is 3.57. The number of ketones is 1. The van der Waals surface area contributed by atoms with Gasteiger partial charge in [-0.1, -0.05) is 22.8 Å². The Morgan fingerprint density at radius 1 is 1.21 bits per heavy atom. The lowest BCUT2D eigenvalue weighted by Crippen LogP contribution is -2.23. The van der Waals surface area contributed by atoms with Crippen LogP contribution >= 0.6 is 11.6 Å². The van der Waals surface area contributed by atoms with Gasteiger partial charge in [0.05, 0.1) is 16.1 Å². The van der Waals surface area contributed by atoms with Crippen molar-refractivity contribution in [3.63, 3.8) is 0 Å². The van der Waals surface area contributed by atoms with Crippen LogP contribution in [0.1, 0.15) is 28.2 Å². The monoisotopic (exact) mass is 423 g/mol. The minimum Gasteiger partial charge on any atom is -0.361 e. The van der Waals surface area contributed by atoms with Crippen LogP contribution in [0, 0.1) is 5.82 Å². The Morgan fingerprint density at radius 3 is 2.68 bits per heavy atom. The Kier molecular flexibility index (Phi) is 6.18. The summed E-state index contributed by atoms with van der Waals surface area (Å²) in [5, 5.41) is 3.29. The lowest BCUT2D eigenvalue weighted by Gasteiger charge is -2.08. The fourth-order valence-electron chi connectivity index (χ4n) is 2.34. The molecule has 1 N–H and O–H groups in total. The number of sulfonamides is 1. The molecule has 0 saturated heterocycles. The van der Waals surface area contributed by atoms with E-state index < -0.39 is 15.8 Å². The molecule has 146 valence electrons. The molecule has 0 aliphatic rings. The molecule has 0 unspecified atom stereocenters. The van der Waals surface area contributed by atoms with Gasteiger partial charge in [0.25, 0.3) is 0 Å². The van der Waals surface area contributed by atoms with Gasteiger partial charge in [0, 0.05) is 31.6 Å². The van der Waals surface area contributed by atoms with Gasteiger partial charge in [0.15, 0.2) is 5.78 Å². The number of hydrogen-bond acceptors (Lipinski definition) is 6. The van der Waals surface area contributed by atoms with Crippen LogP contribution in [0.5, 0.6) is 0 Å². The van der Waals surface area contributed by atoms with Crippen molar-refractivity contribution < 1.29 is 22.1 Å². The predicted octanol–water partition coefficient (Wildman–Crippen LogP) is 3.16. The number of hydrogen-bond donors (Lipinski definition) is 1. The van der Waals surface area contributed by atoms with Crippen molar-refractivity contribution in [3.8, 4) is 0 Å². The first-order valence-electron chi connectivity index (χ1n) is 8.17. The first-order valence-corrected chi connectivity index (χ1v) is 10.0. The number of carbonyl (C=O) groups is 1. The second-order valence-electron chi connectivity index (χ2n) is 5.85. The lowest BCUT2D eigenvalue weighted by molar-refractivity contribution is 0.0975. The van der Waals surface area contributed by atoms with Gasteiger partial charge in [-0.2, -0.15) is 0 Å². The average Bonchev–Trinajstić information content (AvgIpc) is 3.20. The predicted molar refractivity (Wildman–Crippen MR) is 98.8 cm³/mol. The summed E-state index contributed by atoms with van der Waals surface area (Å²) in [6, 6.07) is 7.96. The third kappa shape index (κ3) is 5.00. The second-order valence-corrected chi connectivity index (χ2v) is 8.03. The van der Waals surface area contributed by atoms with E-state index in [4.69, 9.17) is 16.1 Å². The average molecular weight is 424 g/mol. The summed E-state index contributed by atoms with van der Waals surface area (Å²) in [5.74, 6) is -0.252. The van der Waals surface area contributed by atoms with Crippen LogP contribution in [0.15, 0.2) is 58.2 Å². The molecule has 2 heterocycles. The Morgan fingerprint density at radius 2 is 2.04 bits per heavy atom. The molecule has 2 aromatic heterocycles. The molecule has 10 heteroatoms. The maximum absolute atomic E-state index is 13.2. The summed E-state index contributed by atoms with van der Waals surface area (Å²) in [4.78, 5) is 16.1. The number of Topliss-reactive ketones (excluding diaryl/α,β-unsaturated/α-hetero) is 1. The molecule has 0 spiro atoms. The van der Waals surface area contributed by atoms with Crippen molar-refractivity contribution in [1.29, 1.82) is 0 Å². The molecular weight excluding hydrogens is 409 g/mol. The molecule has 7 nitrogen and oxygen atoms in total. The van der Waals surface area contributed by atoms with E-state index >= 15 is 0 Å². The van der Waals surface area contributed by atoms with Gasteiger partial charge in [-0.15, -0.1) is 0 Å². The quantitative estimate of drug-likeness (QED) is 0.558. The number of benzene rings is 1. The maximum Gasteiger partial charge on any atom is 0.240 e. The Hall–Kier alpha value is -2.62. The van der Waals surface area contributed by atoms with Gasteiger partial charge in [0.1, 0.15) is 17.3 Å². The standard InChI is InChI=1S/C18H15ClFN3O4S/c19-15-9-14(3-4-16(15)20)28(25,26)23-11-12-1-5-17(21-10-12)18(24)6-2-13-7-8-22-27-13/h1,3-5,7-10,23H,2,6,11H2. The Labute approximate surface area is 165 Å². The highest BCUT2D eigenvalue weighted by atomic mass is 35.5. The van der Waals surface area contributed by atoms with Crippen molar-refractivity contribution in [1.82, 2.24) is 14.9 Å². The molecule has 0 saturated carbocycles. The molecule has 0 aliphatic carbocycles. The molecule has 3 aromatic rings. The van der Waals surface area contributed by atoms with E-state index in [1.807, 2.05) is 0 Å². The third-order valence-corrected chi connectivity index (χ3v) is 5.56. The summed E-state index contributed by atoms with van der Waals surface area (Å²) in [6.45, 7) is -0.0448. The van der Waals surface area contributed by atoms with E-state index in [1.165, 1.54) is 18.5 Å². The van der Waals surface area contributed by atoms with Crippen molar-refractivity contribution >= 4 is 27.4 Å². The fourth-order valence-corrected chi connectivity index (χ4v) is 3.62. The Bertz CT molecular complexity index is 1070. The topological polar surface area (TPSA) is 102 Å². The molecule has 0 aliphatic heterocycles. The van der Waals surface area contributed by atoms with Crippen LogP contribution in [0.25, 0.3) is 0 Å². The zero-order valence-corrected chi connectivity index (χ0v) is 16.0. The Balaban J connectivity index is 1.59. The summed E-state index contributed by atoms with van der Waals surface area (Å²) < 4.78 is 45.0. The molecule has 0 bridgehead atoms. The smallest absolute Gasteiger partial charge is 0.240 e. The second kappa shape index (κ2) is 8.59. The molecule has 0 atom stereocenters. The number of aryl methyl sites for hydroxylation is 1. The highest BCUT2D eigenvalue weighted by molar-refractivity contribution is 7.89. The largest absolute Gasteiger partial charge is 0.361 e. The van der Waals surface area contributed by atoms with Gasteiger partial charge in [-0.25, -0.2) is 17.5 Å². The van der Waals surface area contributed by atoms with E-state index in [0.29, 0.717) is 17.7 Å². The van der Waals surface area contributed by atoms with E-state index in [2.05, 4.69) is 14.9 Å². The number of carbonyl (C=O) groups excluding carboxylic acids is 1. The molecule has 0 radical (unpaired) electrons. The first-order chi connectivity index (χ1) is 13.3. The molecule has 0 fully saturated rings. The van der Waals surface area contributed by atoms with Crippen molar-refractivity contribution in [2.75, 3.05) is 0 Å². The molecule has 0 amide bonds. The third-order valence-electron chi connectivity index (χ3n) is 3.87. The molecule has 28 heavy (non-hydrogen) atoms. The zero-order valence-electron chi connectivity index (χ0n) is 14.4. The number of nitrogens with one attached hydrogen (secondary N) is 1. The lowest BCUT2D eigenvalue weighted by atomic mass is 10.1. The van der Waals surface area contributed by atoms with Crippen LogP contribution in [0.2, 0.25) is 5.02 Å². The minimum atomic E-state index is -3.87. The van der Waals surface area contributed by atoms with Gasteiger partial charge in [0.2, 0.25) is 10.0 Å². The van der Waals surface area contributed by atoms with E-state index in [-0.39, 0.29) is 34.4 Å². The van der Waals surface area contributed by atoms with Crippen molar-refractivity contribution in [2.24, 2.45) is 0 Å². The molecular formula is C18H15ClFN3O4S. The number of nitrogens with zero attached hydrogens (tertiary/aromatic N) is 2. The van der Waals surface area contributed by atoms with Gasteiger partial charge >= 0.3 is 0 Å². The van der Waals surface area contributed by atoms with Crippen LogP contribution in [-0.2, 0) is 23.0 Å². The highest BCUT2D eigenvalue weighted by Crippen LogP contribution is 2.19. The number of halogens is 2. The van der Waals surface area contributed by atoms with Gasteiger partial charge in [-0.3, -0.25) is 9.78 Å². The molecule has 3 rings (SSSR count). The van der Waals surface area contributed by atoms with Crippen LogP contribution < -0.4 is 4.72 Å². The normalized spacial score (nSPS) is 11.5. The van der Waals surface area contributed by atoms with Crippen LogP contribution in [0.4, 0.5) is 4.39 Å². The highest BCUT2D eigenvalue weighted by Gasteiger charge is 2.16. The van der Waals surface area contributed by atoms with Crippen LogP contribution in [0.3, 0.4) is 0 Å².